The first kappa shape index (κ1) is 18.6. The fourth-order valence-electron chi connectivity index (χ4n) is 2.79. The molecule has 4 nitrogen and oxygen atoms in total. The molecule has 0 aliphatic rings. The summed E-state index contributed by atoms with van der Waals surface area (Å²) in [4.78, 5) is 23.6. The van der Waals surface area contributed by atoms with Crippen molar-refractivity contribution >= 4 is 17.5 Å². The summed E-state index contributed by atoms with van der Waals surface area (Å²) in [5.74, 6) is 0.208. The molecule has 2 aromatic rings. The normalized spacial score (nSPS) is 11.6. The molecule has 4 heteroatoms. The molecule has 0 heterocycles. The molecule has 0 unspecified atom stereocenters. The van der Waals surface area contributed by atoms with Crippen molar-refractivity contribution in [2.45, 2.75) is 33.6 Å². The molecule has 0 amide bonds. The molecule has 0 saturated heterocycles. The molecule has 0 spiro atoms. The molecule has 2 rings (SSSR count). The maximum atomic E-state index is 12.7. The number of carbonyl (C=O) groups is 1. The SMILES string of the molecule is CC/C(=C/c1ccc([N+](=O)[O-])c(C(=O)c2ccccc2)c1)CC(C)C. The van der Waals surface area contributed by atoms with Crippen molar-refractivity contribution in [3.05, 3.63) is 80.9 Å². The standard InChI is InChI=1S/C21H23NO3/c1-4-16(12-15(2)3)13-17-10-11-20(22(24)25)19(14-17)21(23)18-8-6-5-7-9-18/h5-11,13-15H,4,12H2,1-3H3/b16-13-. The van der Waals surface area contributed by atoms with Crippen LogP contribution in [0.2, 0.25) is 0 Å². The summed E-state index contributed by atoms with van der Waals surface area (Å²) in [5.41, 5.74) is 2.51. The fraction of sp³-hybridized carbons (Fsp3) is 0.286. The van der Waals surface area contributed by atoms with Crippen LogP contribution in [0.1, 0.15) is 55.1 Å². The average molecular weight is 337 g/mol. The van der Waals surface area contributed by atoms with E-state index in [2.05, 4.69) is 20.8 Å². The Bertz CT molecular complexity index is 792. The van der Waals surface area contributed by atoms with Crippen molar-refractivity contribution in [2.75, 3.05) is 0 Å². The second-order valence-corrected chi connectivity index (χ2v) is 6.48. The zero-order valence-corrected chi connectivity index (χ0v) is 14.9. The average Bonchev–Trinajstić information content (AvgIpc) is 2.60. The number of nitro groups is 1. The summed E-state index contributed by atoms with van der Waals surface area (Å²) in [6.07, 6.45) is 3.91. The molecule has 0 aliphatic heterocycles. The number of benzene rings is 2. The van der Waals surface area contributed by atoms with E-state index in [-0.39, 0.29) is 17.0 Å². The molecule has 0 aliphatic carbocycles. The minimum atomic E-state index is -0.501. The Morgan fingerprint density at radius 2 is 1.84 bits per heavy atom. The molecule has 0 fully saturated rings. The smallest absolute Gasteiger partial charge is 0.280 e. The molecule has 25 heavy (non-hydrogen) atoms. The third-order valence-electron chi connectivity index (χ3n) is 3.99. The Kier molecular flexibility index (Phi) is 6.23. The van der Waals surface area contributed by atoms with E-state index >= 15 is 0 Å². The first-order valence-corrected chi connectivity index (χ1v) is 8.50. The predicted molar refractivity (Wildman–Crippen MR) is 101 cm³/mol. The number of carbonyl (C=O) groups excluding carboxylic acids is 1. The van der Waals surface area contributed by atoms with Gasteiger partial charge in [-0.05, 0) is 36.5 Å². The van der Waals surface area contributed by atoms with Crippen LogP contribution in [-0.4, -0.2) is 10.7 Å². The van der Waals surface area contributed by atoms with E-state index in [0.29, 0.717) is 11.5 Å². The van der Waals surface area contributed by atoms with Gasteiger partial charge >= 0.3 is 0 Å². The Balaban J connectivity index is 2.48. The molecule has 0 N–H and O–H groups in total. The lowest BCUT2D eigenvalue weighted by molar-refractivity contribution is -0.385. The summed E-state index contributed by atoms with van der Waals surface area (Å²) < 4.78 is 0. The Labute approximate surface area is 148 Å². The third-order valence-corrected chi connectivity index (χ3v) is 3.99. The predicted octanol–water partition coefficient (Wildman–Crippen LogP) is 5.67. The van der Waals surface area contributed by atoms with Crippen LogP contribution in [0.5, 0.6) is 0 Å². The van der Waals surface area contributed by atoms with Crippen LogP contribution < -0.4 is 0 Å². The summed E-state index contributed by atoms with van der Waals surface area (Å²) in [6.45, 7) is 6.41. The van der Waals surface area contributed by atoms with Gasteiger partial charge in [-0.3, -0.25) is 14.9 Å². The molecule has 0 radical (unpaired) electrons. The molecule has 130 valence electrons. The number of nitrogens with zero attached hydrogens (tertiary/aromatic N) is 1. The van der Waals surface area contributed by atoms with Crippen molar-refractivity contribution in [1.29, 1.82) is 0 Å². The monoisotopic (exact) mass is 337 g/mol. The molecule has 0 saturated carbocycles. The third kappa shape index (κ3) is 4.86. The van der Waals surface area contributed by atoms with Crippen LogP contribution in [0, 0.1) is 16.0 Å². The second-order valence-electron chi connectivity index (χ2n) is 6.48. The molecule has 0 atom stereocenters. The quantitative estimate of drug-likeness (QED) is 0.372. The van der Waals surface area contributed by atoms with Gasteiger partial charge in [-0.15, -0.1) is 0 Å². The van der Waals surface area contributed by atoms with E-state index in [1.807, 2.05) is 12.1 Å². The number of hydrogen-bond acceptors (Lipinski definition) is 3. The van der Waals surface area contributed by atoms with Crippen LogP contribution in [-0.2, 0) is 0 Å². The van der Waals surface area contributed by atoms with Crippen molar-refractivity contribution < 1.29 is 9.72 Å². The minimum Gasteiger partial charge on any atom is -0.288 e. The van der Waals surface area contributed by atoms with Crippen LogP contribution in [0.3, 0.4) is 0 Å². The molecule has 2 aromatic carbocycles. The summed E-state index contributed by atoms with van der Waals surface area (Å²) in [7, 11) is 0. The van der Waals surface area contributed by atoms with Crippen LogP contribution in [0.15, 0.2) is 54.1 Å². The molecule has 0 aromatic heterocycles. The van der Waals surface area contributed by atoms with Gasteiger partial charge in [0.25, 0.3) is 5.69 Å². The van der Waals surface area contributed by atoms with Crippen LogP contribution >= 0.6 is 0 Å². The van der Waals surface area contributed by atoms with Gasteiger partial charge in [-0.2, -0.15) is 0 Å². The maximum absolute atomic E-state index is 12.7. The molecule has 0 bridgehead atoms. The van der Waals surface area contributed by atoms with Crippen molar-refractivity contribution in [1.82, 2.24) is 0 Å². The first-order chi connectivity index (χ1) is 11.9. The van der Waals surface area contributed by atoms with Crippen molar-refractivity contribution in [3.63, 3.8) is 0 Å². The highest BCUT2D eigenvalue weighted by atomic mass is 16.6. The lowest BCUT2D eigenvalue weighted by atomic mass is 9.96. The van der Waals surface area contributed by atoms with Gasteiger partial charge < -0.3 is 0 Å². The van der Waals surface area contributed by atoms with E-state index in [9.17, 15) is 14.9 Å². The van der Waals surface area contributed by atoms with Gasteiger partial charge in [0.05, 0.1) is 4.92 Å². The zero-order chi connectivity index (χ0) is 18.4. The van der Waals surface area contributed by atoms with Crippen molar-refractivity contribution in [3.8, 4) is 0 Å². The summed E-state index contributed by atoms with van der Waals surface area (Å²) in [5, 5.41) is 11.3. The van der Waals surface area contributed by atoms with Gasteiger partial charge in [0.1, 0.15) is 5.56 Å². The number of rotatable bonds is 7. The van der Waals surface area contributed by atoms with Gasteiger partial charge in [0.15, 0.2) is 5.78 Å². The fourth-order valence-corrected chi connectivity index (χ4v) is 2.79. The Morgan fingerprint density at radius 1 is 1.16 bits per heavy atom. The van der Waals surface area contributed by atoms with Gasteiger partial charge in [-0.1, -0.05) is 62.8 Å². The van der Waals surface area contributed by atoms with Gasteiger partial charge in [0, 0.05) is 11.6 Å². The lowest BCUT2D eigenvalue weighted by Crippen LogP contribution is -2.06. The highest BCUT2D eigenvalue weighted by Gasteiger charge is 2.21. The number of ketones is 1. The Hall–Kier alpha value is -2.75. The second kappa shape index (κ2) is 8.38. The molecular formula is C21H23NO3. The largest absolute Gasteiger partial charge is 0.288 e. The highest BCUT2D eigenvalue weighted by Crippen LogP contribution is 2.26. The summed E-state index contributed by atoms with van der Waals surface area (Å²) in [6, 6.07) is 13.4. The van der Waals surface area contributed by atoms with E-state index in [4.69, 9.17) is 0 Å². The van der Waals surface area contributed by atoms with E-state index in [1.165, 1.54) is 11.6 Å². The van der Waals surface area contributed by atoms with E-state index in [0.717, 1.165) is 18.4 Å². The lowest BCUT2D eigenvalue weighted by Gasteiger charge is -2.09. The number of nitro benzene ring substituents is 1. The maximum Gasteiger partial charge on any atom is 0.280 e. The van der Waals surface area contributed by atoms with Crippen molar-refractivity contribution in [2.24, 2.45) is 5.92 Å². The topological polar surface area (TPSA) is 60.2 Å². The Morgan fingerprint density at radius 3 is 2.40 bits per heavy atom. The van der Waals surface area contributed by atoms with Crippen LogP contribution in [0.4, 0.5) is 5.69 Å². The van der Waals surface area contributed by atoms with Crippen LogP contribution in [0.25, 0.3) is 6.08 Å². The first-order valence-electron chi connectivity index (χ1n) is 8.50. The van der Waals surface area contributed by atoms with E-state index < -0.39 is 4.92 Å². The van der Waals surface area contributed by atoms with E-state index in [1.54, 1.807) is 36.4 Å². The summed E-state index contributed by atoms with van der Waals surface area (Å²) >= 11 is 0. The molecular weight excluding hydrogens is 314 g/mol. The number of hydrogen-bond donors (Lipinski definition) is 0. The minimum absolute atomic E-state index is 0.130. The zero-order valence-electron chi connectivity index (χ0n) is 14.9. The van der Waals surface area contributed by atoms with Gasteiger partial charge in [0.2, 0.25) is 0 Å². The number of allylic oxidation sites excluding steroid dienone is 1. The highest BCUT2D eigenvalue weighted by molar-refractivity contribution is 6.11. The van der Waals surface area contributed by atoms with Gasteiger partial charge in [-0.25, -0.2) is 0 Å².